The Morgan fingerprint density at radius 1 is 1.35 bits per heavy atom. The Morgan fingerprint density at radius 2 is 1.94 bits per heavy atom. The summed E-state index contributed by atoms with van der Waals surface area (Å²) in [6.07, 6.45) is 3.72. The number of aliphatic hydroxyl groups is 1. The van der Waals surface area contributed by atoms with Gasteiger partial charge in [-0.05, 0) is 32.6 Å². The molecule has 1 rings (SSSR count). The van der Waals surface area contributed by atoms with Crippen LogP contribution in [0.3, 0.4) is 0 Å². The highest BCUT2D eigenvalue weighted by Crippen LogP contribution is 2.26. The van der Waals surface area contributed by atoms with Crippen LogP contribution in [0.1, 0.15) is 46.5 Å². The third-order valence-corrected chi connectivity index (χ3v) is 3.70. The lowest BCUT2D eigenvalue weighted by molar-refractivity contribution is -0.130. The summed E-state index contributed by atoms with van der Waals surface area (Å²) in [4.78, 5) is 13.8. The molecular weight excluding hydrogens is 216 g/mol. The van der Waals surface area contributed by atoms with Crippen LogP contribution < -0.4 is 5.32 Å². The molecule has 0 aliphatic heterocycles. The van der Waals surface area contributed by atoms with Gasteiger partial charge in [0, 0.05) is 19.1 Å². The first-order valence-corrected chi connectivity index (χ1v) is 6.78. The van der Waals surface area contributed by atoms with E-state index in [1.807, 2.05) is 25.7 Å². The summed E-state index contributed by atoms with van der Waals surface area (Å²) in [5.41, 5.74) is -0.670. The smallest absolute Gasteiger partial charge is 0.236 e. The maximum atomic E-state index is 11.9. The molecule has 0 aromatic heterocycles. The van der Waals surface area contributed by atoms with Gasteiger partial charge in [0.2, 0.25) is 5.91 Å². The Bertz CT molecular complexity index is 248. The number of likely N-dealkylation sites (N-methyl/N-ethyl adjacent to an activating group) is 1. The Morgan fingerprint density at radius 3 is 2.35 bits per heavy atom. The Balaban J connectivity index is 2.27. The number of nitrogens with one attached hydrogen (secondary N) is 1. The van der Waals surface area contributed by atoms with Crippen molar-refractivity contribution >= 4 is 5.91 Å². The van der Waals surface area contributed by atoms with Crippen molar-refractivity contribution in [1.29, 1.82) is 0 Å². The molecule has 1 aliphatic rings. The van der Waals surface area contributed by atoms with E-state index in [2.05, 4.69) is 5.32 Å². The largest absolute Gasteiger partial charge is 0.389 e. The van der Waals surface area contributed by atoms with Gasteiger partial charge in [-0.15, -0.1) is 0 Å². The molecule has 1 amide bonds. The van der Waals surface area contributed by atoms with E-state index < -0.39 is 5.60 Å². The third-order valence-electron chi connectivity index (χ3n) is 3.70. The summed E-state index contributed by atoms with van der Waals surface area (Å²) >= 11 is 0. The van der Waals surface area contributed by atoms with E-state index in [0.29, 0.717) is 32.0 Å². The maximum absolute atomic E-state index is 11.9. The second-order valence-corrected chi connectivity index (χ2v) is 4.95. The van der Waals surface area contributed by atoms with Crippen molar-refractivity contribution in [2.75, 3.05) is 19.6 Å². The van der Waals surface area contributed by atoms with E-state index in [4.69, 9.17) is 0 Å². The molecule has 4 heteroatoms. The normalized spacial score (nSPS) is 16.0. The zero-order valence-electron chi connectivity index (χ0n) is 11.3. The van der Waals surface area contributed by atoms with Gasteiger partial charge < -0.3 is 15.3 Å². The molecule has 2 N–H and O–H groups in total. The molecule has 0 radical (unpaired) electrons. The fraction of sp³-hybridized carbons (Fsp3) is 0.923. The molecule has 0 saturated heterocycles. The molecule has 0 aromatic carbocycles. The zero-order valence-corrected chi connectivity index (χ0v) is 11.3. The lowest BCUT2D eigenvalue weighted by atomic mass is 9.98. The SMILES string of the molecule is CCN(C(=O)CNCC(O)(CC)CC)C1CC1. The number of hydrogen-bond donors (Lipinski definition) is 2. The van der Waals surface area contributed by atoms with Gasteiger partial charge in [0.15, 0.2) is 0 Å². The van der Waals surface area contributed by atoms with E-state index in [1.54, 1.807) is 0 Å². The highest BCUT2D eigenvalue weighted by Gasteiger charge is 2.31. The Labute approximate surface area is 104 Å². The van der Waals surface area contributed by atoms with Crippen LogP contribution in [0.15, 0.2) is 0 Å². The molecule has 0 spiro atoms. The number of carbonyl (C=O) groups is 1. The monoisotopic (exact) mass is 242 g/mol. The van der Waals surface area contributed by atoms with Gasteiger partial charge >= 0.3 is 0 Å². The van der Waals surface area contributed by atoms with Crippen molar-refractivity contribution in [2.24, 2.45) is 0 Å². The van der Waals surface area contributed by atoms with Crippen LogP contribution >= 0.6 is 0 Å². The first kappa shape index (κ1) is 14.5. The standard InChI is InChI=1S/C13H26N2O2/c1-4-13(17,5-2)10-14-9-12(16)15(6-3)11-7-8-11/h11,14,17H,4-10H2,1-3H3. The molecule has 100 valence electrons. The number of nitrogens with zero attached hydrogens (tertiary/aromatic N) is 1. The predicted molar refractivity (Wildman–Crippen MR) is 68.8 cm³/mol. The van der Waals surface area contributed by atoms with Crippen LogP contribution in [0.2, 0.25) is 0 Å². The van der Waals surface area contributed by atoms with Crippen LogP contribution in [0.25, 0.3) is 0 Å². The molecule has 1 aliphatic carbocycles. The van der Waals surface area contributed by atoms with E-state index in [1.165, 1.54) is 0 Å². The van der Waals surface area contributed by atoms with Crippen molar-refractivity contribution in [3.63, 3.8) is 0 Å². The van der Waals surface area contributed by atoms with E-state index in [0.717, 1.165) is 19.4 Å². The predicted octanol–water partition coefficient (Wildman–Crippen LogP) is 1.14. The van der Waals surface area contributed by atoms with Crippen LogP contribution in [0.4, 0.5) is 0 Å². The van der Waals surface area contributed by atoms with Crippen LogP contribution in [-0.2, 0) is 4.79 Å². The maximum Gasteiger partial charge on any atom is 0.236 e. The molecule has 17 heavy (non-hydrogen) atoms. The second kappa shape index (κ2) is 6.36. The van der Waals surface area contributed by atoms with Crippen molar-refractivity contribution in [3.05, 3.63) is 0 Å². The summed E-state index contributed by atoms with van der Waals surface area (Å²) in [6.45, 7) is 7.58. The number of amides is 1. The average Bonchev–Trinajstić information content (AvgIpc) is 3.14. The lowest BCUT2D eigenvalue weighted by Gasteiger charge is -2.26. The molecule has 0 aromatic rings. The first-order chi connectivity index (χ1) is 8.06. The topological polar surface area (TPSA) is 52.6 Å². The summed E-state index contributed by atoms with van der Waals surface area (Å²) in [5.74, 6) is 0.157. The van der Waals surface area contributed by atoms with Gasteiger partial charge in [0.05, 0.1) is 12.1 Å². The van der Waals surface area contributed by atoms with Crippen molar-refractivity contribution in [3.8, 4) is 0 Å². The second-order valence-electron chi connectivity index (χ2n) is 4.95. The molecule has 0 unspecified atom stereocenters. The third kappa shape index (κ3) is 4.28. The quantitative estimate of drug-likeness (QED) is 0.671. The minimum atomic E-state index is -0.670. The molecule has 0 heterocycles. The van der Waals surface area contributed by atoms with E-state index in [-0.39, 0.29) is 5.91 Å². The summed E-state index contributed by atoms with van der Waals surface area (Å²) in [6, 6.07) is 0.477. The van der Waals surface area contributed by atoms with Crippen LogP contribution in [0.5, 0.6) is 0 Å². The fourth-order valence-electron chi connectivity index (χ4n) is 2.03. The molecule has 1 saturated carbocycles. The van der Waals surface area contributed by atoms with Gasteiger partial charge in [-0.3, -0.25) is 4.79 Å². The highest BCUT2D eigenvalue weighted by atomic mass is 16.3. The van der Waals surface area contributed by atoms with E-state index >= 15 is 0 Å². The van der Waals surface area contributed by atoms with Crippen molar-refractivity contribution < 1.29 is 9.90 Å². The zero-order chi connectivity index (χ0) is 12.9. The number of carbonyl (C=O) groups excluding carboxylic acids is 1. The van der Waals surface area contributed by atoms with Gasteiger partial charge in [-0.25, -0.2) is 0 Å². The fourth-order valence-corrected chi connectivity index (χ4v) is 2.03. The average molecular weight is 242 g/mol. The minimum absolute atomic E-state index is 0.157. The van der Waals surface area contributed by atoms with Gasteiger partial charge in [0.1, 0.15) is 0 Å². The molecule has 0 atom stereocenters. The molecule has 1 fully saturated rings. The lowest BCUT2D eigenvalue weighted by Crippen LogP contribution is -2.45. The molecular formula is C13H26N2O2. The number of rotatable bonds is 8. The van der Waals surface area contributed by atoms with Crippen LogP contribution in [0, 0.1) is 0 Å². The Kier molecular flexibility index (Phi) is 5.40. The number of hydrogen-bond acceptors (Lipinski definition) is 3. The molecule has 4 nitrogen and oxygen atoms in total. The summed E-state index contributed by atoms with van der Waals surface area (Å²) in [7, 11) is 0. The van der Waals surface area contributed by atoms with Gasteiger partial charge in [0.25, 0.3) is 0 Å². The van der Waals surface area contributed by atoms with Crippen molar-refractivity contribution in [2.45, 2.75) is 58.1 Å². The van der Waals surface area contributed by atoms with Crippen molar-refractivity contribution in [1.82, 2.24) is 10.2 Å². The summed E-state index contributed by atoms with van der Waals surface area (Å²) in [5, 5.41) is 13.2. The molecule has 0 bridgehead atoms. The van der Waals surface area contributed by atoms with Crippen LogP contribution in [-0.4, -0.2) is 47.2 Å². The summed E-state index contributed by atoms with van der Waals surface area (Å²) < 4.78 is 0. The Hall–Kier alpha value is -0.610. The van der Waals surface area contributed by atoms with E-state index in [9.17, 15) is 9.90 Å². The first-order valence-electron chi connectivity index (χ1n) is 6.78. The van der Waals surface area contributed by atoms with Gasteiger partial charge in [-0.2, -0.15) is 0 Å². The van der Waals surface area contributed by atoms with Gasteiger partial charge in [-0.1, -0.05) is 13.8 Å². The highest BCUT2D eigenvalue weighted by molar-refractivity contribution is 5.78. The minimum Gasteiger partial charge on any atom is -0.389 e.